The fourth-order valence-corrected chi connectivity index (χ4v) is 0.664. The molecule has 0 bridgehead atoms. The van der Waals surface area contributed by atoms with Crippen LogP contribution in [0.4, 0.5) is 0 Å². The van der Waals surface area contributed by atoms with Gasteiger partial charge in [0.2, 0.25) is 5.91 Å². The highest BCUT2D eigenvalue weighted by Gasteiger charge is 2.05. The van der Waals surface area contributed by atoms with Gasteiger partial charge in [0.25, 0.3) is 0 Å². The van der Waals surface area contributed by atoms with Crippen molar-refractivity contribution in [3.05, 3.63) is 11.4 Å². The van der Waals surface area contributed by atoms with Gasteiger partial charge in [0.1, 0.15) is 11.4 Å². The zero-order valence-electron chi connectivity index (χ0n) is 6.70. The lowest BCUT2D eigenvalue weighted by molar-refractivity contribution is -0.119. The minimum atomic E-state index is -0.225. The third-order valence-electron chi connectivity index (χ3n) is 1.38. The molecular weight excluding hydrogens is 160 g/mol. The van der Waals surface area contributed by atoms with Crippen LogP contribution in [0.3, 0.4) is 0 Å². The second-order valence-corrected chi connectivity index (χ2v) is 2.28. The van der Waals surface area contributed by atoms with Gasteiger partial charge in [0.05, 0.1) is 13.1 Å². The van der Waals surface area contributed by atoms with Gasteiger partial charge in [-0.05, 0) is 6.92 Å². The molecule has 0 saturated heterocycles. The highest BCUT2D eigenvalue weighted by Crippen LogP contribution is 1.98. The Morgan fingerprint density at radius 3 is 2.92 bits per heavy atom. The Kier molecular flexibility index (Phi) is 2.76. The fourth-order valence-electron chi connectivity index (χ4n) is 0.664. The highest BCUT2D eigenvalue weighted by molar-refractivity contribution is 5.77. The number of rotatable bonds is 3. The van der Waals surface area contributed by atoms with Crippen LogP contribution in [0.15, 0.2) is 4.63 Å². The number of carbonyl (C=O) groups excluding carboxylic acids is 1. The minimum Gasteiger partial charge on any atom is -0.349 e. The summed E-state index contributed by atoms with van der Waals surface area (Å²) in [6, 6.07) is 0. The topological polar surface area (TPSA) is 94.0 Å². The van der Waals surface area contributed by atoms with Gasteiger partial charge < -0.3 is 11.1 Å². The van der Waals surface area contributed by atoms with Crippen molar-refractivity contribution in [1.82, 2.24) is 15.6 Å². The summed E-state index contributed by atoms with van der Waals surface area (Å²) in [6.45, 7) is 2.04. The maximum absolute atomic E-state index is 10.7. The van der Waals surface area contributed by atoms with Crippen LogP contribution < -0.4 is 11.1 Å². The van der Waals surface area contributed by atoms with E-state index in [0.29, 0.717) is 17.9 Å². The van der Waals surface area contributed by atoms with Gasteiger partial charge >= 0.3 is 0 Å². The second kappa shape index (κ2) is 3.82. The Bertz CT molecular complexity index is 270. The molecule has 0 fully saturated rings. The molecule has 3 N–H and O–H groups in total. The quantitative estimate of drug-likeness (QED) is 0.603. The molecule has 0 saturated carbocycles. The number of hydrogen-bond donors (Lipinski definition) is 2. The summed E-state index contributed by atoms with van der Waals surface area (Å²) in [5.41, 5.74) is 6.37. The van der Waals surface area contributed by atoms with Crippen LogP contribution in [-0.4, -0.2) is 22.8 Å². The molecular formula is C6H10N4O2. The van der Waals surface area contributed by atoms with Crippen LogP contribution in [-0.2, 0) is 11.3 Å². The van der Waals surface area contributed by atoms with E-state index in [-0.39, 0.29) is 12.5 Å². The number of amides is 1. The molecule has 0 radical (unpaired) electrons. The first kappa shape index (κ1) is 8.66. The smallest absolute Gasteiger partial charge is 0.234 e. The lowest BCUT2D eigenvalue weighted by Gasteiger charge is -1.98. The van der Waals surface area contributed by atoms with Gasteiger partial charge in [-0.25, -0.2) is 4.63 Å². The van der Waals surface area contributed by atoms with Crippen LogP contribution in [0.5, 0.6) is 0 Å². The number of nitrogens with zero attached hydrogens (tertiary/aromatic N) is 2. The number of hydrogen-bond acceptors (Lipinski definition) is 5. The van der Waals surface area contributed by atoms with E-state index in [9.17, 15) is 4.79 Å². The molecule has 0 atom stereocenters. The first-order valence-corrected chi connectivity index (χ1v) is 3.49. The second-order valence-electron chi connectivity index (χ2n) is 2.28. The van der Waals surface area contributed by atoms with Crippen molar-refractivity contribution in [2.24, 2.45) is 5.73 Å². The Balaban J connectivity index is 2.43. The number of nitrogens with two attached hydrogens (primary N) is 1. The number of aromatic nitrogens is 2. The first-order chi connectivity index (χ1) is 5.74. The molecule has 0 aliphatic rings. The molecule has 0 spiro atoms. The van der Waals surface area contributed by atoms with Gasteiger partial charge in [-0.15, -0.1) is 0 Å². The number of nitrogens with one attached hydrogen (secondary N) is 1. The van der Waals surface area contributed by atoms with Gasteiger partial charge in [-0.2, -0.15) is 0 Å². The van der Waals surface area contributed by atoms with Crippen LogP contribution >= 0.6 is 0 Å². The standard InChI is InChI=1S/C6H10N4O2/c1-4-5(10-12-9-4)3-8-6(11)2-7/h2-3,7H2,1H3,(H,8,11). The van der Waals surface area contributed by atoms with E-state index in [4.69, 9.17) is 5.73 Å². The van der Waals surface area contributed by atoms with Gasteiger partial charge in [0, 0.05) is 0 Å². The largest absolute Gasteiger partial charge is 0.349 e. The normalized spacial score (nSPS) is 9.83. The molecule has 6 heteroatoms. The molecule has 1 aromatic rings. The summed E-state index contributed by atoms with van der Waals surface area (Å²) >= 11 is 0. The van der Waals surface area contributed by atoms with Crippen LogP contribution in [0.1, 0.15) is 11.4 Å². The summed E-state index contributed by atoms with van der Waals surface area (Å²) in [5.74, 6) is -0.225. The van der Waals surface area contributed by atoms with Gasteiger partial charge in [-0.1, -0.05) is 10.3 Å². The van der Waals surface area contributed by atoms with E-state index in [1.54, 1.807) is 6.92 Å². The summed E-state index contributed by atoms with van der Waals surface area (Å²) in [7, 11) is 0. The Hall–Kier alpha value is -1.43. The predicted molar refractivity (Wildman–Crippen MR) is 39.9 cm³/mol. The molecule has 1 amide bonds. The monoisotopic (exact) mass is 170 g/mol. The van der Waals surface area contributed by atoms with Crippen molar-refractivity contribution in [2.75, 3.05) is 6.54 Å². The van der Waals surface area contributed by atoms with Crippen LogP contribution in [0, 0.1) is 6.92 Å². The lowest BCUT2D eigenvalue weighted by Crippen LogP contribution is -2.30. The average Bonchev–Trinajstić information content (AvgIpc) is 2.47. The van der Waals surface area contributed by atoms with E-state index in [2.05, 4.69) is 20.3 Å². The average molecular weight is 170 g/mol. The molecule has 6 nitrogen and oxygen atoms in total. The predicted octanol–water partition coefficient (Wildman–Crippen LogP) is -1.05. The molecule has 1 aromatic heterocycles. The third-order valence-corrected chi connectivity index (χ3v) is 1.38. The SMILES string of the molecule is Cc1nonc1CNC(=O)CN. The van der Waals surface area contributed by atoms with Crippen LogP contribution in [0.2, 0.25) is 0 Å². The number of carbonyl (C=O) groups is 1. The van der Waals surface area contributed by atoms with E-state index < -0.39 is 0 Å². The van der Waals surface area contributed by atoms with E-state index >= 15 is 0 Å². The van der Waals surface area contributed by atoms with Gasteiger partial charge in [-0.3, -0.25) is 4.79 Å². The van der Waals surface area contributed by atoms with E-state index in [0.717, 1.165) is 0 Å². The van der Waals surface area contributed by atoms with Crippen LogP contribution in [0.25, 0.3) is 0 Å². The minimum absolute atomic E-state index is 0.0235. The molecule has 0 aromatic carbocycles. The molecule has 0 aliphatic heterocycles. The first-order valence-electron chi connectivity index (χ1n) is 3.49. The van der Waals surface area contributed by atoms with Crippen molar-refractivity contribution in [3.8, 4) is 0 Å². The zero-order valence-corrected chi connectivity index (χ0v) is 6.70. The Morgan fingerprint density at radius 1 is 1.67 bits per heavy atom. The fraction of sp³-hybridized carbons (Fsp3) is 0.500. The van der Waals surface area contributed by atoms with Crippen molar-refractivity contribution < 1.29 is 9.42 Å². The maximum Gasteiger partial charge on any atom is 0.234 e. The highest BCUT2D eigenvalue weighted by atomic mass is 16.6. The summed E-state index contributed by atoms with van der Waals surface area (Å²) < 4.78 is 4.43. The van der Waals surface area contributed by atoms with Crippen molar-refractivity contribution in [1.29, 1.82) is 0 Å². The van der Waals surface area contributed by atoms with E-state index in [1.165, 1.54) is 0 Å². The molecule has 66 valence electrons. The lowest BCUT2D eigenvalue weighted by atomic mass is 10.3. The number of aryl methyl sites for hydroxylation is 1. The maximum atomic E-state index is 10.7. The van der Waals surface area contributed by atoms with Crippen molar-refractivity contribution in [2.45, 2.75) is 13.5 Å². The van der Waals surface area contributed by atoms with E-state index in [1.807, 2.05) is 0 Å². The van der Waals surface area contributed by atoms with Crippen molar-refractivity contribution in [3.63, 3.8) is 0 Å². The molecule has 0 unspecified atom stereocenters. The van der Waals surface area contributed by atoms with Gasteiger partial charge in [0.15, 0.2) is 0 Å². The Labute approximate surface area is 69.1 Å². The summed E-state index contributed by atoms with van der Waals surface area (Å²) in [5, 5.41) is 9.68. The Morgan fingerprint density at radius 2 is 2.42 bits per heavy atom. The molecule has 0 aliphatic carbocycles. The summed E-state index contributed by atoms with van der Waals surface area (Å²) in [4.78, 5) is 10.7. The van der Waals surface area contributed by atoms with Crippen molar-refractivity contribution >= 4 is 5.91 Å². The molecule has 1 heterocycles. The summed E-state index contributed by atoms with van der Waals surface area (Å²) in [6.07, 6.45) is 0. The zero-order chi connectivity index (χ0) is 8.97. The molecule has 1 rings (SSSR count). The molecule has 12 heavy (non-hydrogen) atoms. The third kappa shape index (κ3) is 2.03.